The van der Waals surface area contributed by atoms with Crippen LogP contribution in [0.4, 0.5) is 0 Å². The van der Waals surface area contributed by atoms with E-state index < -0.39 is 0 Å². The third-order valence-corrected chi connectivity index (χ3v) is 4.88. The average Bonchev–Trinajstić information content (AvgIpc) is 2.31. The molecule has 1 aliphatic rings. The van der Waals surface area contributed by atoms with Crippen LogP contribution in [0.2, 0.25) is 0 Å². The Morgan fingerprint density at radius 2 is 2.28 bits per heavy atom. The van der Waals surface area contributed by atoms with Crippen molar-refractivity contribution >= 4 is 44.4 Å². The summed E-state index contributed by atoms with van der Waals surface area (Å²) in [6.45, 7) is 0.588. The van der Waals surface area contributed by atoms with E-state index in [9.17, 15) is 4.79 Å². The molecule has 1 saturated carbocycles. The van der Waals surface area contributed by atoms with Gasteiger partial charge in [0.15, 0.2) is 0 Å². The van der Waals surface area contributed by atoms with Gasteiger partial charge in [-0.25, -0.2) is 0 Å². The topological polar surface area (TPSA) is 38.3 Å². The monoisotopic (exact) mass is 423 g/mol. The van der Waals surface area contributed by atoms with Gasteiger partial charge in [-0.15, -0.1) is 0 Å². The first-order valence-corrected chi connectivity index (χ1v) is 7.72. The average molecular weight is 424 g/mol. The van der Waals surface area contributed by atoms with Crippen LogP contribution in [0.1, 0.15) is 29.6 Å². The zero-order valence-corrected chi connectivity index (χ0v) is 13.9. The molecule has 0 aliphatic heterocycles. The maximum atomic E-state index is 12.1. The van der Waals surface area contributed by atoms with E-state index >= 15 is 0 Å². The van der Waals surface area contributed by atoms with E-state index in [0.717, 1.165) is 20.9 Å². The molecule has 0 unspecified atom stereocenters. The van der Waals surface area contributed by atoms with Crippen molar-refractivity contribution in [3.8, 4) is 0 Å². The highest BCUT2D eigenvalue weighted by Gasteiger charge is 2.37. The minimum Gasteiger partial charge on any atom is -0.376 e. The summed E-state index contributed by atoms with van der Waals surface area (Å²) < 4.78 is 7.36. The highest BCUT2D eigenvalue weighted by Crippen LogP contribution is 2.34. The van der Waals surface area contributed by atoms with Crippen molar-refractivity contribution in [3.63, 3.8) is 0 Å². The van der Waals surface area contributed by atoms with Crippen molar-refractivity contribution in [1.29, 1.82) is 0 Å². The fourth-order valence-corrected chi connectivity index (χ4v) is 2.97. The van der Waals surface area contributed by atoms with Gasteiger partial charge in [-0.3, -0.25) is 4.79 Å². The van der Waals surface area contributed by atoms with Crippen LogP contribution in [0.5, 0.6) is 0 Å². The van der Waals surface area contributed by atoms with E-state index in [4.69, 9.17) is 4.74 Å². The quantitative estimate of drug-likeness (QED) is 0.754. The maximum Gasteiger partial charge on any atom is 0.252 e. The first-order chi connectivity index (χ1) is 8.56. The molecule has 0 aromatic heterocycles. The highest BCUT2D eigenvalue weighted by molar-refractivity contribution is 14.1. The normalized spacial score (nSPS) is 17.1. The van der Waals surface area contributed by atoms with Gasteiger partial charge in [-0.05, 0) is 60.1 Å². The summed E-state index contributed by atoms with van der Waals surface area (Å²) in [5.41, 5.74) is 0.572. The number of carbonyl (C=O) groups excluding carboxylic acids is 1. The Hall–Kier alpha value is -0.140. The van der Waals surface area contributed by atoms with Gasteiger partial charge in [-0.2, -0.15) is 0 Å². The molecule has 18 heavy (non-hydrogen) atoms. The molecule has 5 heteroatoms. The minimum absolute atomic E-state index is 0.0379. The van der Waals surface area contributed by atoms with E-state index in [-0.39, 0.29) is 11.5 Å². The zero-order chi connectivity index (χ0) is 13.2. The van der Waals surface area contributed by atoms with Crippen molar-refractivity contribution in [3.05, 3.63) is 31.8 Å². The van der Waals surface area contributed by atoms with Gasteiger partial charge in [0.2, 0.25) is 0 Å². The van der Waals surface area contributed by atoms with Crippen LogP contribution in [0.15, 0.2) is 22.7 Å². The number of methoxy groups -OCH3 is 1. The Labute approximate surface area is 129 Å². The number of hydrogen-bond acceptors (Lipinski definition) is 2. The van der Waals surface area contributed by atoms with Gasteiger partial charge >= 0.3 is 0 Å². The summed E-state index contributed by atoms with van der Waals surface area (Å²) in [4.78, 5) is 12.1. The Balaban J connectivity index is 2.01. The summed E-state index contributed by atoms with van der Waals surface area (Å²) in [6, 6.07) is 5.70. The lowest BCUT2D eigenvalue weighted by atomic mass is 9.80. The summed E-state index contributed by atoms with van der Waals surface area (Å²) in [5.74, 6) is -0.0379. The number of rotatable bonds is 4. The molecule has 0 spiro atoms. The predicted octanol–water partition coefficient (Wildman–Crippen LogP) is 3.35. The lowest BCUT2D eigenvalue weighted by Crippen LogP contribution is -2.49. The fraction of sp³-hybridized carbons (Fsp3) is 0.462. The number of nitrogens with one attached hydrogen (secondary N) is 1. The van der Waals surface area contributed by atoms with Gasteiger partial charge < -0.3 is 10.1 Å². The standard InChI is InChI=1S/C13H15BrINO2/c1-18-13(5-2-6-13)8-16-12(17)10-7-9(14)3-4-11(10)15/h3-4,7H,2,5-6,8H2,1H3,(H,16,17). The molecule has 2 rings (SSSR count). The van der Waals surface area contributed by atoms with E-state index in [1.54, 1.807) is 7.11 Å². The summed E-state index contributed by atoms with van der Waals surface area (Å²) in [6.07, 6.45) is 3.23. The Bertz CT molecular complexity index is 455. The second kappa shape index (κ2) is 5.88. The molecule has 0 radical (unpaired) electrons. The zero-order valence-electron chi connectivity index (χ0n) is 10.1. The van der Waals surface area contributed by atoms with E-state index in [1.165, 1.54) is 6.42 Å². The Morgan fingerprint density at radius 1 is 1.56 bits per heavy atom. The van der Waals surface area contributed by atoms with Crippen molar-refractivity contribution in [2.75, 3.05) is 13.7 Å². The van der Waals surface area contributed by atoms with Crippen LogP contribution >= 0.6 is 38.5 Å². The first kappa shape index (κ1) is 14.3. The molecule has 0 atom stereocenters. The fourth-order valence-electron chi connectivity index (χ4n) is 2.03. The van der Waals surface area contributed by atoms with Gasteiger partial charge in [0, 0.05) is 21.7 Å². The summed E-state index contributed by atoms with van der Waals surface area (Å²) in [5, 5.41) is 2.97. The van der Waals surface area contributed by atoms with Crippen molar-refractivity contribution in [1.82, 2.24) is 5.32 Å². The van der Waals surface area contributed by atoms with Gasteiger partial charge in [0.25, 0.3) is 5.91 Å². The number of amides is 1. The second-order valence-corrected chi connectivity index (χ2v) is 6.63. The van der Waals surface area contributed by atoms with Crippen LogP contribution in [0.3, 0.4) is 0 Å². The van der Waals surface area contributed by atoms with E-state index in [2.05, 4.69) is 43.8 Å². The molecule has 1 N–H and O–H groups in total. The molecule has 98 valence electrons. The third-order valence-electron chi connectivity index (χ3n) is 3.44. The molecule has 1 aromatic rings. The number of hydrogen-bond donors (Lipinski definition) is 1. The molecule has 0 saturated heterocycles. The molecule has 1 aromatic carbocycles. The smallest absolute Gasteiger partial charge is 0.252 e. The molecular formula is C13H15BrINO2. The Kier molecular flexibility index (Phi) is 4.66. The number of ether oxygens (including phenoxy) is 1. The minimum atomic E-state index is -0.132. The van der Waals surface area contributed by atoms with Crippen LogP contribution in [-0.4, -0.2) is 25.2 Å². The summed E-state index contributed by atoms with van der Waals surface area (Å²) >= 11 is 5.56. The number of benzene rings is 1. The summed E-state index contributed by atoms with van der Waals surface area (Å²) in [7, 11) is 1.72. The highest BCUT2D eigenvalue weighted by atomic mass is 127. The van der Waals surface area contributed by atoms with Crippen LogP contribution in [0, 0.1) is 3.57 Å². The van der Waals surface area contributed by atoms with Crippen molar-refractivity contribution in [2.24, 2.45) is 0 Å². The molecule has 1 amide bonds. The molecule has 0 heterocycles. The van der Waals surface area contributed by atoms with Gasteiger partial charge in [-0.1, -0.05) is 15.9 Å². The molecule has 0 bridgehead atoms. The van der Waals surface area contributed by atoms with E-state index in [0.29, 0.717) is 12.1 Å². The van der Waals surface area contributed by atoms with Crippen LogP contribution in [-0.2, 0) is 4.74 Å². The lowest BCUT2D eigenvalue weighted by Gasteiger charge is -2.40. The Morgan fingerprint density at radius 3 is 2.83 bits per heavy atom. The first-order valence-electron chi connectivity index (χ1n) is 5.85. The largest absolute Gasteiger partial charge is 0.376 e. The van der Waals surface area contributed by atoms with Gasteiger partial charge in [0.05, 0.1) is 11.2 Å². The van der Waals surface area contributed by atoms with Crippen molar-refractivity contribution < 1.29 is 9.53 Å². The number of halogens is 2. The van der Waals surface area contributed by atoms with E-state index in [1.807, 2.05) is 18.2 Å². The number of carbonyl (C=O) groups is 1. The third kappa shape index (κ3) is 3.05. The van der Waals surface area contributed by atoms with Gasteiger partial charge in [0.1, 0.15) is 0 Å². The predicted molar refractivity (Wildman–Crippen MR) is 82.8 cm³/mol. The molecular weight excluding hydrogens is 409 g/mol. The van der Waals surface area contributed by atoms with Crippen LogP contribution < -0.4 is 5.32 Å². The molecule has 1 fully saturated rings. The lowest BCUT2D eigenvalue weighted by molar-refractivity contribution is -0.0679. The second-order valence-electron chi connectivity index (χ2n) is 4.55. The molecule has 1 aliphatic carbocycles. The maximum absolute atomic E-state index is 12.1. The SMILES string of the molecule is COC1(CNC(=O)c2cc(Br)ccc2I)CCC1. The molecule has 3 nitrogen and oxygen atoms in total. The van der Waals surface area contributed by atoms with Crippen LogP contribution in [0.25, 0.3) is 0 Å². The van der Waals surface area contributed by atoms with Crippen molar-refractivity contribution in [2.45, 2.75) is 24.9 Å².